The van der Waals surface area contributed by atoms with Gasteiger partial charge in [-0.15, -0.1) is 11.3 Å². The van der Waals surface area contributed by atoms with Gasteiger partial charge in [-0.1, -0.05) is 0 Å². The van der Waals surface area contributed by atoms with Crippen LogP contribution in [0.15, 0.2) is 12.1 Å². The number of nitrogens with zero attached hydrogens (tertiary/aromatic N) is 2. The number of hydrogen-bond donors (Lipinski definition) is 1. The summed E-state index contributed by atoms with van der Waals surface area (Å²) in [7, 11) is 2.09. The Hall–Kier alpha value is -0.940. The number of thioether (sulfide) groups is 1. The third-order valence-corrected chi connectivity index (χ3v) is 4.84. The van der Waals surface area contributed by atoms with Crippen molar-refractivity contribution in [2.75, 3.05) is 29.7 Å². The van der Waals surface area contributed by atoms with Crippen LogP contribution in [-0.4, -0.2) is 30.1 Å². The van der Waals surface area contributed by atoms with Crippen molar-refractivity contribution in [3.63, 3.8) is 0 Å². The van der Waals surface area contributed by atoms with E-state index in [1.807, 2.05) is 24.8 Å². The lowest BCUT2D eigenvalue weighted by atomic mass is 10.2. The number of anilines is 2. The maximum Gasteiger partial charge on any atom is 0.0907 e. The third kappa shape index (κ3) is 2.57. The summed E-state index contributed by atoms with van der Waals surface area (Å²) in [5.41, 5.74) is 9.12. The molecule has 0 bridgehead atoms. The van der Waals surface area contributed by atoms with Gasteiger partial charge in [0, 0.05) is 18.8 Å². The number of rotatable bonds is 4. The van der Waals surface area contributed by atoms with Gasteiger partial charge >= 0.3 is 0 Å². The van der Waals surface area contributed by atoms with Crippen LogP contribution in [0.3, 0.4) is 0 Å². The highest BCUT2D eigenvalue weighted by atomic mass is 32.2. The first-order valence-electron chi connectivity index (χ1n) is 5.91. The van der Waals surface area contributed by atoms with E-state index >= 15 is 0 Å². The van der Waals surface area contributed by atoms with Crippen LogP contribution in [0.25, 0.3) is 10.2 Å². The van der Waals surface area contributed by atoms with Gasteiger partial charge in [-0.2, -0.15) is 11.8 Å². The smallest absolute Gasteiger partial charge is 0.0907 e. The molecule has 98 valence electrons. The lowest BCUT2D eigenvalue weighted by molar-refractivity contribution is 0.767. The standard InChI is InChI=1S/C13H19N3S2/c1-8(7-17-4)16(3)12-6-11-13(5-10(12)14)18-9(2)15-11/h5-6,8H,7,14H2,1-4H3. The first-order valence-corrected chi connectivity index (χ1v) is 8.12. The number of nitrogen functional groups attached to an aromatic ring is 1. The van der Waals surface area contributed by atoms with E-state index in [0.717, 1.165) is 27.7 Å². The van der Waals surface area contributed by atoms with Crippen LogP contribution in [0.5, 0.6) is 0 Å². The van der Waals surface area contributed by atoms with Gasteiger partial charge in [0.1, 0.15) is 0 Å². The molecule has 0 aliphatic heterocycles. The minimum absolute atomic E-state index is 0.458. The van der Waals surface area contributed by atoms with E-state index in [1.165, 1.54) is 4.70 Å². The second kappa shape index (κ2) is 5.36. The van der Waals surface area contributed by atoms with Crippen molar-refractivity contribution in [1.82, 2.24) is 4.98 Å². The van der Waals surface area contributed by atoms with E-state index in [2.05, 4.69) is 36.2 Å². The quantitative estimate of drug-likeness (QED) is 0.873. The Morgan fingerprint density at radius 1 is 1.50 bits per heavy atom. The normalized spacial score (nSPS) is 12.9. The predicted molar refractivity (Wildman–Crippen MR) is 85.0 cm³/mol. The van der Waals surface area contributed by atoms with Gasteiger partial charge in [0.15, 0.2) is 0 Å². The van der Waals surface area contributed by atoms with Crippen LogP contribution < -0.4 is 10.6 Å². The second-order valence-corrected chi connectivity index (χ2v) is 6.67. The van der Waals surface area contributed by atoms with Crippen molar-refractivity contribution >= 4 is 44.7 Å². The monoisotopic (exact) mass is 281 g/mol. The Balaban J connectivity index is 2.40. The van der Waals surface area contributed by atoms with E-state index < -0.39 is 0 Å². The van der Waals surface area contributed by atoms with Gasteiger partial charge < -0.3 is 10.6 Å². The summed E-state index contributed by atoms with van der Waals surface area (Å²) < 4.78 is 1.17. The topological polar surface area (TPSA) is 42.2 Å². The fourth-order valence-corrected chi connectivity index (χ4v) is 3.55. The zero-order chi connectivity index (χ0) is 13.3. The second-order valence-electron chi connectivity index (χ2n) is 4.53. The Bertz CT molecular complexity index is 550. The molecule has 0 spiro atoms. The molecule has 0 amide bonds. The van der Waals surface area contributed by atoms with E-state index in [9.17, 15) is 0 Å². The van der Waals surface area contributed by atoms with E-state index in [0.29, 0.717) is 6.04 Å². The largest absolute Gasteiger partial charge is 0.397 e. The first kappa shape index (κ1) is 13.5. The van der Waals surface area contributed by atoms with Crippen molar-refractivity contribution in [2.24, 2.45) is 0 Å². The molecule has 5 heteroatoms. The van der Waals surface area contributed by atoms with Gasteiger partial charge in [0.2, 0.25) is 0 Å². The van der Waals surface area contributed by atoms with Crippen LogP contribution in [0, 0.1) is 6.92 Å². The maximum absolute atomic E-state index is 6.16. The SMILES string of the molecule is CSCC(C)N(C)c1cc2nc(C)sc2cc1N. The average Bonchev–Trinajstić information content (AvgIpc) is 2.66. The summed E-state index contributed by atoms with van der Waals surface area (Å²) in [6.07, 6.45) is 2.13. The molecule has 2 aromatic rings. The average molecular weight is 281 g/mol. The fraction of sp³-hybridized carbons (Fsp3) is 0.462. The molecule has 0 saturated carbocycles. The zero-order valence-corrected chi connectivity index (χ0v) is 12.9. The molecule has 0 fully saturated rings. The maximum atomic E-state index is 6.16. The summed E-state index contributed by atoms with van der Waals surface area (Å²) in [6, 6.07) is 4.60. The Morgan fingerprint density at radius 3 is 2.89 bits per heavy atom. The molecule has 1 aromatic heterocycles. The molecule has 3 nitrogen and oxygen atoms in total. The number of aromatic nitrogens is 1. The van der Waals surface area contributed by atoms with Gasteiger partial charge in [-0.05, 0) is 32.2 Å². The Morgan fingerprint density at radius 2 is 2.22 bits per heavy atom. The number of benzene rings is 1. The Kier molecular flexibility index (Phi) is 4.02. The lowest BCUT2D eigenvalue weighted by Gasteiger charge is -2.27. The third-order valence-electron chi connectivity index (χ3n) is 3.09. The molecule has 1 aromatic carbocycles. The van der Waals surface area contributed by atoms with Crippen molar-refractivity contribution in [1.29, 1.82) is 0 Å². The minimum Gasteiger partial charge on any atom is -0.397 e. The number of hydrogen-bond acceptors (Lipinski definition) is 5. The highest BCUT2D eigenvalue weighted by Gasteiger charge is 2.14. The number of fused-ring (bicyclic) bond motifs is 1. The highest BCUT2D eigenvalue weighted by molar-refractivity contribution is 7.98. The van der Waals surface area contributed by atoms with Crippen LogP contribution in [0.2, 0.25) is 0 Å². The van der Waals surface area contributed by atoms with Crippen LogP contribution in [0.4, 0.5) is 11.4 Å². The molecule has 0 radical (unpaired) electrons. The predicted octanol–water partition coefficient (Wildman–Crippen LogP) is 3.37. The van der Waals surface area contributed by atoms with Gasteiger partial charge in [0.25, 0.3) is 0 Å². The number of thiazole rings is 1. The Labute approximate surface area is 116 Å². The molecule has 0 saturated heterocycles. The fourth-order valence-electron chi connectivity index (χ4n) is 1.99. The van der Waals surface area contributed by atoms with Crippen LogP contribution in [-0.2, 0) is 0 Å². The molecular weight excluding hydrogens is 262 g/mol. The summed E-state index contributed by atoms with van der Waals surface area (Å²) in [5.74, 6) is 1.09. The molecule has 0 aliphatic carbocycles. The molecule has 1 unspecified atom stereocenters. The van der Waals surface area contributed by atoms with E-state index in [4.69, 9.17) is 5.73 Å². The van der Waals surface area contributed by atoms with Gasteiger partial charge in [-0.3, -0.25) is 0 Å². The van der Waals surface area contributed by atoms with E-state index in [1.54, 1.807) is 11.3 Å². The summed E-state index contributed by atoms with van der Waals surface area (Å²) in [4.78, 5) is 6.77. The van der Waals surface area contributed by atoms with Crippen LogP contribution in [0.1, 0.15) is 11.9 Å². The van der Waals surface area contributed by atoms with Crippen molar-refractivity contribution < 1.29 is 0 Å². The number of aryl methyl sites for hydroxylation is 1. The summed E-state index contributed by atoms with van der Waals surface area (Å²) in [5, 5.41) is 1.08. The van der Waals surface area contributed by atoms with Crippen LogP contribution >= 0.6 is 23.1 Å². The molecular formula is C13H19N3S2. The van der Waals surface area contributed by atoms with Crippen molar-refractivity contribution in [2.45, 2.75) is 19.9 Å². The molecule has 1 atom stereocenters. The van der Waals surface area contributed by atoms with Gasteiger partial charge in [0.05, 0.1) is 26.6 Å². The summed E-state index contributed by atoms with van der Waals surface area (Å²) in [6.45, 7) is 4.24. The first-order chi connectivity index (χ1) is 8.52. The zero-order valence-electron chi connectivity index (χ0n) is 11.2. The molecule has 0 aliphatic rings. The highest BCUT2D eigenvalue weighted by Crippen LogP contribution is 2.32. The molecule has 2 rings (SSSR count). The minimum atomic E-state index is 0.458. The summed E-state index contributed by atoms with van der Waals surface area (Å²) >= 11 is 3.54. The lowest BCUT2D eigenvalue weighted by Crippen LogP contribution is -2.31. The van der Waals surface area contributed by atoms with Crippen molar-refractivity contribution in [3.05, 3.63) is 17.1 Å². The molecule has 1 heterocycles. The molecule has 2 N–H and O–H groups in total. The molecule has 18 heavy (non-hydrogen) atoms. The van der Waals surface area contributed by atoms with Crippen molar-refractivity contribution in [3.8, 4) is 0 Å². The van der Waals surface area contributed by atoms with Gasteiger partial charge in [-0.25, -0.2) is 4.98 Å². The van der Waals surface area contributed by atoms with E-state index in [-0.39, 0.29) is 0 Å². The number of nitrogens with two attached hydrogens (primary N) is 1.